The zero-order valence-electron chi connectivity index (χ0n) is 32.2. The number of fused-ring (bicyclic) bond motifs is 11. The van der Waals surface area contributed by atoms with Crippen molar-refractivity contribution in [3.8, 4) is 39.9 Å². The highest BCUT2D eigenvalue weighted by atomic mass is 16.3. The van der Waals surface area contributed by atoms with Gasteiger partial charge in [0.05, 0.1) is 16.7 Å². The van der Waals surface area contributed by atoms with E-state index in [0.29, 0.717) is 17.5 Å². The molecular weight excluding hydrogens is 733 g/mol. The van der Waals surface area contributed by atoms with Crippen LogP contribution in [-0.2, 0) is 0 Å². The van der Waals surface area contributed by atoms with Crippen LogP contribution in [0.3, 0.4) is 0 Å². The Labute approximate surface area is 343 Å². The maximum absolute atomic E-state index is 7.15. The lowest BCUT2D eigenvalue weighted by molar-refractivity contribution is 0.667. The third-order valence-electron chi connectivity index (χ3n) is 12.2. The molecule has 0 N–H and O–H groups in total. The molecule has 0 aliphatic heterocycles. The molecule has 13 rings (SSSR count). The SMILES string of the molecule is c1ccc(-c2nc(-c3cccc4ccccc34)nc(-c3c4ccccc4c(-n4c5cc6ccccc6cc5c5c6ccccc6ccc54)c4oc5ccccc5c34)n2)cc1. The highest BCUT2D eigenvalue weighted by Gasteiger charge is 2.27. The number of furan rings is 1. The molecule has 278 valence electrons. The number of aromatic nitrogens is 4. The Morgan fingerprint density at radius 3 is 1.78 bits per heavy atom. The van der Waals surface area contributed by atoms with Gasteiger partial charge in [-0.15, -0.1) is 0 Å². The van der Waals surface area contributed by atoms with Gasteiger partial charge in [0.25, 0.3) is 0 Å². The second-order valence-corrected chi connectivity index (χ2v) is 15.5. The third kappa shape index (κ3) is 4.77. The number of hydrogen-bond acceptors (Lipinski definition) is 4. The Kier molecular flexibility index (Phi) is 6.95. The van der Waals surface area contributed by atoms with Gasteiger partial charge in [-0.1, -0.05) is 170 Å². The summed E-state index contributed by atoms with van der Waals surface area (Å²) in [7, 11) is 0. The largest absolute Gasteiger partial charge is 0.454 e. The molecule has 3 heterocycles. The van der Waals surface area contributed by atoms with E-state index in [4.69, 9.17) is 19.4 Å². The molecule has 0 saturated carbocycles. The first-order valence-electron chi connectivity index (χ1n) is 20.3. The van der Waals surface area contributed by atoms with Crippen LogP contribution in [0, 0.1) is 0 Å². The predicted octanol–water partition coefficient (Wildman–Crippen LogP) is 14.5. The van der Waals surface area contributed by atoms with Crippen molar-refractivity contribution in [3.05, 3.63) is 194 Å². The average molecular weight is 765 g/mol. The van der Waals surface area contributed by atoms with E-state index in [2.05, 4.69) is 174 Å². The van der Waals surface area contributed by atoms with Gasteiger partial charge in [0.2, 0.25) is 0 Å². The Bertz CT molecular complexity index is 3890. The Morgan fingerprint density at radius 2 is 0.967 bits per heavy atom. The number of para-hydroxylation sites is 1. The summed E-state index contributed by atoms with van der Waals surface area (Å²) >= 11 is 0. The maximum atomic E-state index is 7.15. The maximum Gasteiger partial charge on any atom is 0.165 e. The number of rotatable bonds is 4. The number of nitrogens with zero attached hydrogens (tertiary/aromatic N) is 4. The molecule has 0 spiro atoms. The summed E-state index contributed by atoms with van der Waals surface area (Å²) in [6.07, 6.45) is 0. The number of benzene rings is 10. The Morgan fingerprint density at radius 1 is 0.367 bits per heavy atom. The molecule has 0 atom stereocenters. The molecule has 0 unspecified atom stereocenters. The molecule has 60 heavy (non-hydrogen) atoms. The van der Waals surface area contributed by atoms with E-state index in [1.807, 2.05) is 24.3 Å². The van der Waals surface area contributed by atoms with Gasteiger partial charge in [-0.25, -0.2) is 15.0 Å². The Hall–Kier alpha value is -8.15. The smallest absolute Gasteiger partial charge is 0.165 e. The highest BCUT2D eigenvalue weighted by molar-refractivity contribution is 6.28. The summed E-state index contributed by atoms with van der Waals surface area (Å²) in [6.45, 7) is 0. The van der Waals surface area contributed by atoms with Crippen LogP contribution in [0.5, 0.6) is 0 Å². The van der Waals surface area contributed by atoms with Crippen LogP contribution in [0.15, 0.2) is 199 Å². The van der Waals surface area contributed by atoms with Crippen molar-refractivity contribution in [2.45, 2.75) is 0 Å². The zero-order chi connectivity index (χ0) is 39.3. The third-order valence-corrected chi connectivity index (χ3v) is 12.2. The first kappa shape index (κ1) is 32.9. The molecule has 0 aliphatic rings. The van der Waals surface area contributed by atoms with Crippen LogP contribution in [0.1, 0.15) is 0 Å². The van der Waals surface area contributed by atoms with E-state index in [-0.39, 0.29) is 0 Å². The van der Waals surface area contributed by atoms with Gasteiger partial charge in [0.15, 0.2) is 23.1 Å². The standard InChI is InChI=1S/C55H32N4O/c1-2-17-35(18-3-1)53-56-54(42-27-14-21-33-15-6-8-22-38(33)42)58-55(57-53)50-40-24-10-11-25-41(40)51(52-49(50)43-26-12-13-28-47(43)60-52)59-45-30-29-34-16-7-9-23-39(34)48(45)44-31-36-19-4-5-20-37(36)32-46(44)59/h1-32H. The van der Waals surface area contributed by atoms with Gasteiger partial charge in [-0.2, -0.15) is 0 Å². The van der Waals surface area contributed by atoms with Crippen molar-refractivity contribution in [1.29, 1.82) is 0 Å². The first-order valence-corrected chi connectivity index (χ1v) is 20.3. The van der Waals surface area contributed by atoms with Crippen LogP contribution < -0.4 is 0 Å². The fourth-order valence-electron chi connectivity index (χ4n) is 9.54. The normalized spacial score (nSPS) is 12.0. The molecule has 0 fully saturated rings. The zero-order valence-corrected chi connectivity index (χ0v) is 32.2. The van der Waals surface area contributed by atoms with Gasteiger partial charge in [0, 0.05) is 43.6 Å². The van der Waals surface area contributed by atoms with Crippen molar-refractivity contribution >= 4 is 86.8 Å². The second-order valence-electron chi connectivity index (χ2n) is 15.5. The van der Waals surface area contributed by atoms with E-state index >= 15 is 0 Å². The van der Waals surface area contributed by atoms with Crippen LogP contribution in [0.25, 0.3) is 127 Å². The summed E-state index contributed by atoms with van der Waals surface area (Å²) < 4.78 is 9.58. The van der Waals surface area contributed by atoms with Gasteiger partial charge in [0.1, 0.15) is 5.58 Å². The molecule has 5 heteroatoms. The van der Waals surface area contributed by atoms with Crippen LogP contribution in [-0.4, -0.2) is 19.5 Å². The van der Waals surface area contributed by atoms with E-state index in [9.17, 15) is 0 Å². The van der Waals surface area contributed by atoms with E-state index in [1.165, 1.54) is 32.3 Å². The molecule has 0 bridgehead atoms. The molecule has 5 nitrogen and oxygen atoms in total. The van der Waals surface area contributed by atoms with Crippen LogP contribution in [0.2, 0.25) is 0 Å². The molecule has 3 aromatic heterocycles. The summed E-state index contributed by atoms with van der Waals surface area (Å²) in [5.41, 5.74) is 7.57. The van der Waals surface area contributed by atoms with E-state index in [0.717, 1.165) is 76.9 Å². The minimum Gasteiger partial charge on any atom is -0.454 e. The van der Waals surface area contributed by atoms with Crippen molar-refractivity contribution in [2.75, 3.05) is 0 Å². The van der Waals surface area contributed by atoms with Crippen molar-refractivity contribution < 1.29 is 4.42 Å². The number of hydrogen-bond donors (Lipinski definition) is 0. The lowest BCUT2D eigenvalue weighted by Crippen LogP contribution is -2.03. The van der Waals surface area contributed by atoms with Crippen LogP contribution in [0.4, 0.5) is 0 Å². The summed E-state index contributed by atoms with van der Waals surface area (Å²) in [6, 6.07) is 68.4. The highest BCUT2D eigenvalue weighted by Crippen LogP contribution is 2.48. The molecule has 0 radical (unpaired) electrons. The van der Waals surface area contributed by atoms with Crippen molar-refractivity contribution in [2.24, 2.45) is 0 Å². The minimum atomic E-state index is 0.588. The van der Waals surface area contributed by atoms with Crippen molar-refractivity contribution in [1.82, 2.24) is 19.5 Å². The van der Waals surface area contributed by atoms with Crippen molar-refractivity contribution in [3.63, 3.8) is 0 Å². The molecule has 10 aromatic carbocycles. The fraction of sp³-hybridized carbons (Fsp3) is 0. The van der Waals surface area contributed by atoms with Gasteiger partial charge >= 0.3 is 0 Å². The molecule has 0 aliphatic carbocycles. The lowest BCUT2D eigenvalue weighted by atomic mass is 9.95. The molecular formula is C55H32N4O. The Balaban J connectivity index is 1.21. The second kappa shape index (κ2) is 12.7. The molecule has 13 aromatic rings. The summed E-state index contributed by atoms with van der Waals surface area (Å²) in [5, 5.41) is 13.5. The monoisotopic (exact) mass is 764 g/mol. The fourth-order valence-corrected chi connectivity index (χ4v) is 9.54. The van der Waals surface area contributed by atoms with E-state index in [1.54, 1.807) is 0 Å². The lowest BCUT2D eigenvalue weighted by Gasteiger charge is -2.17. The van der Waals surface area contributed by atoms with E-state index < -0.39 is 0 Å². The molecule has 0 amide bonds. The van der Waals surface area contributed by atoms with Gasteiger partial charge < -0.3 is 8.98 Å². The average Bonchev–Trinajstić information content (AvgIpc) is 3.85. The van der Waals surface area contributed by atoms with Gasteiger partial charge in [-0.05, 0) is 62.0 Å². The minimum absolute atomic E-state index is 0.588. The molecule has 0 saturated heterocycles. The van der Waals surface area contributed by atoms with Gasteiger partial charge in [-0.3, -0.25) is 0 Å². The van der Waals surface area contributed by atoms with Crippen LogP contribution >= 0.6 is 0 Å². The quantitative estimate of drug-likeness (QED) is 0.179. The first-order chi connectivity index (χ1) is 29.8. The summed E-state index contributed by atoms with van der Waals surface area (Å²) in [5.74, 6) is 1.81. The topological polar surface area (TPSA) is 56.7 Å². The predicted molar refractivity (Wildman–Crippen MR) is 248 cm³/mol. The summed E-state index contributed by atoms with van der Waals surface area (Å²) in [4.78, 5) is 16.0.